The van der Waals surface area contributed by atoms with Crippen LogP contribution < -0.4 is 4.74 Å². The van der Waals surface area contributed by atoms with Crippen LogP contribution in [0.4, 0.5) is 0 Å². The number of aromatic amines is 1. The Balaban J connectivity index is 2.16. The lowest BCUT2D eigenvalue weighted by Crippen LogP contribution is -1.84. The van der Waals surface area contributed by atoms with Gasteiger partial charge in [0.15, 0.2) is 0 Å². The summed E-state index contributed by atoms with van der Waals surface area (Å²) in [5, 5.41) is 9.73. The molecule has 3 rings (SSSR count). The molecule has 1 aromatic heterocycles. The molecule has 0 saturated carbocycles. The van der Waals surface area contributed by atoms with Crippen LogP contribution in [0.15, 0.2) is 42.5 Å². The first-order valence-electron chi connectivity index (χ1n) is 5.60. The Morgan fingerprint density at radius 3 is 2.78 bits per heavy atom. The van der Waals surface area contributed by atoms with Crippen LogP contribution in [0.25, 0.3) is 22.4 Å². The molecule has 0 fully saturated rings. The maximum Gasteiger partial charge on any atom is 0.143 e. The van der Waals surface area contributed by atoms with Crippen LogP contribution >= 0.6 is 0 Å². The monoisotopic (exact) mass is 240 g/mol. The van der Waals surface area contributed by atoms with E-state index in [0.29, 0.717) is 11.3 Å². The Labute approximate surface area is 104 Å². The number of aromatic nitrogens is 2. The number of H-pyrrole nitrogens is 1. The molecule has 0 aliphatic carbocycles. The number of rotatable bonds is 2. The molecule has 0 aliphatic rings. The molecule has 90 valence electrons. The number of fused-ring (bicyclic) bond motifs is 1. The quantitative estimate of drug-likeness (QED) is 0.724. The third kappa shape index (κ3) is 1.68. The van der Waals surface area contributed by atoms with Gasteiger partial charge in [-0.25, -0.2) is 4.98 Å². The molecule has 1 heterocycles. The van der Waals surface area contributed by atoms with Crippen molar-refractivity contribution < 1.29 is 9.84 Å². The van der Waals surface area contributed by atoms with Gasteiger partial charge in [0, 0.05) is 5.56 Å². The molecule has 2 N–H and O–H groups in total. The predicted molar refractivity (Wildman–Crippen MR) is 69.7 cm³/mol. The van der Waals surface area contributed by atoms with Crippen molar-refractivity contribution in [3.8, 4) is 22.9 Å². The normalized spacial score (nSPS) is 10.7. The summed E-state index contributed by atoms with van der Waals surface area (Å²) in [7, 11) is 1.63. The summed E-state index contributed by atoms with van der Waals surface area (Å²) in [4.78, 5) is 7.57. The van der Waals surface area contributed by atoms with Gasteiger partial charge in [-0.1, -0.05) is 18.2 Å². The first kappa shape index (κ1) is 10.7. The highest BCUT2D eigenvalue weighted by atomic mass is 16.5. The molecule has 0 radical (unpaired) electrons. The Bertz CT molecular complexity index is 704. The van der Waals surface area contributed by atoms with E-state index in [4.69, 9.17) is 4.74 Å². The molecule has 0 saturated heterocycles. The first-order chi connectivity index (χ1) is 8.78. The van der Waals surface area contributed by atoms with Crippen LogP contribution in [0.1, 0.15) is 0 Å². The molecule has 0 bridgehead atoms. The van der Waals surface area contributed by atoms with Crippen molar-refractivity contribution in [1.29, 1.82) is 0 Å². The van der Waals surface area contributed by atoms with Gasteiger partial charge in [0.2, 0.25) is 0 Å². The Hall–Kier alpha value is -2.49. The van der Waals surface area contributed by atoms with Gasteiger partial charge in [-0.15, -0.1) is 0 Å². The zero-order valence-corrected chi connectivity index (χ0v) is 9.84. The number of hydrogen-bond donors (Lipinski definition) is 2. The van der Waals surface area contributed by atoms with Crippen LogP contribution in [-0.4, -0.2) is 22.2 Å². The fourth-order valence-corrected chi connectivity index (χ4v) is 1.92. The molecule has 0 atom stereocenters. The molecule has 4 nitrogen and oxygen atoms in total. The molecule has 0 unspecified atom stereocenters. The van der Waals surface area contributed by atoms with E-state index in [0.717, 1.165) is 16.8 Å². The highest BCUT2D eigenvalue weighted by molar-refractivity contribution is 5.84. The summed E-state index contributed by atoms with van der Waals surface area (Å²) in [5.41, 5.74) is 2.31. The number of para-hydroxylation sites is 1. The summed E-state index contributed by atoms with van der Waals surface area (Å²) in [6.07, 6.45) is 0. The summed E-state index contributed by atoms with van der Waals surface area (Å²) in [6.45, 7) is 0. The zero-order valence-electron chi connectivity index (χ0n) is 9.84. The Morgan fingerprint density at radius 2 is 2.00 bits per heavy atom. The standard InChI is InChI=1S/C14H12N2O2/c1-18-10-5-2-4-9(8-10)14-15-11-6-3-7-12(17)13(11)16-14/h2-8,17H,1H3,(H,15,16). The third-order valence-corrected chi connectivity index (χ3v) is 2.83. The highest BCUT2D eigenvalue weighted by Crippen LogP contribution is 2.27. The third-order valence-electron chi connectivity index (χ3n) is 2.83. The molecule has 0 amide bonds. The number of imidazole rings is 1. The number of benzene rings is 2. The average Bonchev–Trinajstić information content (AvgIpc) is 2.84. The maximum absolute atomic E-state index is 9.73. The van der Waals surface area contributed by atoms with Crippen molar-refractivity contribution in [1.82, 2.24) is 9.97 Å². The zero-order chi connectivity index (χ0) is 12.5. The number of nitrogens with one attached hydrogen (secondary N) is 1. The second-order valence-corrected chi connectivity index (χ2v) is 3.99. The van der Waals surface area contributed by atoms with Crippen molar-refractivity contribution >= 4 is 11.0 Å². The SMILES string of the molecule is COc1cccc(-c2nc3c(O)cccc3[nH]2)c1. The van der Waals surface area contributed by atoms with E-state index in [-0.39, 0.29) is 5.75 Å². The molecular formula is C14H12N2O2. The highest BCUT2D eigenvalue weighted by Gasteiger charge is 2.08. The first-order valence-corrected chi connectivity index (χ1v) is 5.60. The molecule has 3 aromatic rings. The maximum atomic E-state index is 9.73. The molecule has 4 heteroatoms. The van der Waals surface area contributed by atoms with Crippen LogP contribution in [0.3, 0.4) is 0 Å². The van der Waals surface area contributed by atoms with Gasteiger partial charge in [0.25, 0.3) is 0 Å². The largest absolute Gasteiger partial charge is 0.506 e. The van der Waals surface area contributed by atoms with E-state index in [1.165, 1.54) is 0 Å². The van der Waals surface area contributed by atoms with Crippen molar-refractivity contribution in [2.24, 2.45) is 0 Å². The number of hydrogen-bond acceptors (Lipinski definition) is 3. The lowest BCUT2D eigenvalue weighted by molar-refractivity contribution is 0.415. The number of phenolic OH excluding ortho intramolecular Hbond substituents is 1. The van der Waals surface area contributed by atoms with Gasteiger partial charge in [-0.05, 0) is 24.3 Å². The van der Waals surface area contributed by atoms with Gasteiger partial charge in [0.05, 0.1) is 12.6 Å². The van der Waals surface area contributed by atoms with E-state index in [2.05, 4.69) is 9.97 Å². The second-order valence-electron chi connectivity index (χ2n) is 3.99. The molecular weight excluding hydrogens is 228 g/mol. The second kappa shape index (κ2) is 4.07. The molecule has 0 spiro atoms. The number of methoxy groups -OCH3 is 1. The van der Waals surface area contributed by atoms with Crippen molar-refractivity contribution in [2.45, 2.75) is 0 Å². The number of ether oxygens (including phenoxy) is 1. The minimum absolute atomic E-state index is 0.179. The van der Waals surface area contributed by atoms with E-state index in [1.54, 1.807) is 19.2 Å². The van der Waals surface area contributed by atoms with E-state index >= 15 is 0 Å². The van der Waals surface area contributed by atoms with E-state index < -0.39 is 0 Å². The number of aromatic hydroxyl groups is 1. The molecule has 18 heavy (non-hydrogen) atoms. The van der Waals surface area contributed by atoms with Crippen molar-refractivity contribution in [3.05, 3.63) is 42.5 Å². The smallest absolute Gasteiger partial charge is 0.143 e. The van der Waals surface area contributed by atoms with Crippen LogP contribution in [0.2, 0.25) is 0 Å². The van der Waals surface area contributed by atoms with Gasteiger partial charge >= 0.3 is 0 Å². The van der Waals surface area contributed by atoms with Crippen LogP contribution in [0, 0.1) is 0 Å². The predicted octanol–water partition coefficient (Wildman–Crippen LogP) is 2.94. The summed E-state index contributed by atoms with van der Waals surface area (Å²) in [5.74, 6) is 1.67. The summed E-state index contributed by atoms with van der Waals surface area (Å²) >= 11 is 0. The van der Waals surface area contributed by atoms with E-state index in [9.17, 15) is 5.11 Å². The van der Waals surface area contributed by atoms with Crippen molar-refractivity contribution in [2.75, 3.05) is 7.11 Å². The lowest BCUT2D eigenvalue weighted by atomic mass is 10.2. The Morgan fingerprint density at radius 1 is 1.17 bits per heavy atom. The van der Waals surface area contributed by atoms with Gasteiger partial charge < -0.3 is 14.8 Å². The number of nitrogens with zero attached hydrogens (tertiary/aromatic N) is 1. The van der Waals surface area contributed by atoms with Crippen LogP contribution in [0.5, 0.6) is 11.5 Å². The molecule has 2 aromatic carbocycles. The van der Waals surface area contributed by atoms with Crippen LogP contribution in [-0.2, 0) is 0 Å². The fourth-order valence-electron chi connectivity index (χ4n) is 1.92. The topological polar surface area (TPSA) is 58.1 Å². The van der Waals surface area contributed by atoms with Gasteiger partial charge in [-0.2, -0.15) is 0 Å². The minimum atomic E-state index is 0.179. The fraction of sp³-hybridized carbons (Fsp3) is 0.0714. The number of phenols is 1. The molecule has 0 aliphatic heterocycles. The summed E-state index contributed by atoms with van der Waals surface area (Å²) < 4.78 is 5.18. The van der Waals surface area contributed by atoms with Gasteiger partial charge in [0.1, 0.15) is 22.8 Å². The lowest BCUT2D eigenvalue weighted by Gasteiger charge is -2.01. The Kier molecular flexibility index (Phi) is 2.41. The average molecular weight is 240 g/mol. The van der Waals surface area contributed by atoms with Gasteiger partial charge in [-0.3, -0.25) is 0 Å². The van der Waals surface area contributed by atoms with Crippen molar-refractivity contribution in [3.63, 3.8) is 0 Å². The minimum Gasteiger partial charge on any atom is -0.506 e. The summed E-state index contributed by atoms with van der Waals surface area (Å²) in [6, 6.07) is 12.9. The van der Waals surface area contributed by atoms with E-state index in [1.807, 2.05) is 30.3 Å².